The zero-order valence-corrected chi connectivity index (χ0v) is 14.4. The number of fused-ring (bicyclic) bond motifs is 2. The van der Waals surface area contributed by atoms with Gasteiger partial charge >= 0.3 is 0 Å². The Labute approximate surface area is 153 Å². The smallest absolute Gasteiger partial charge is 0.212 e. The van der Waals surface area contributed by atoms with Gasteiger partial charge in [0.25, 0.3) is 0 Å². The van der Waals surface area contributed by atoms with Crippen molar-refractivity contribution in [3.05, 3.63) is 47.6 Å². The summed E-state index contributed by atoms with van der Waals surface area (Å²) < 4.78 is 15.4. The Balaban J connectivity index is 0.000000510. The number of nitrogens with one attached hydrogen (secondary N) is 2. The molecule has 0 bridgehead atoms. The summed E-state index contributed by atoms with van der Waals surface area (Å²) in [5, 5.41) is 7.23. The summed E-state index contributed by atoms with van der Waals surface area (Å²) in [5.41, 5.74) is 2.55. The second kappa shape index (κ2) is 6.76. The molecular weight excluding hydrogens is 357 g/mol. The van der Waals surface area contributed by atoms with Gasteiger partial charge in [-0.15, -0.1) is 0 Å². The van der Waals surface area contributed by atoms with Crippen LogP contribution in [-0.2, 0) is 4.79 Å². The fourth-order valence-electron chi connectivity index (χ4n) is 2.51. The number of nitrogens with zero attached hydrogens (tertiary/aromatic N) is 3. The van der Waals surface area contributed by atoms with Gasteiger partial charge < -0.3 is 10.3 Å². The molecule has 0 aromatic carbocycles. The minimum absolute atomic E-state index is 0.265. The highest BCUT2D eigenvalue weighted by atomic mass is 35.5. The van der Waals surface area contributed by atoms with E-state index in [1.165, 1.54) is 25.5 Å². The molecule has 0 spiro atoms. The summed E-state index contributed by atoms with van der Waals surface area (Å²) in [7, 11) is 0. The zero-order valence-electron chi connectivity index (χ0n) is 13.7. The van der Waals surface area contributed by atoms with E-state index in [4.69, 9.17) is 11.6 Å². The lowest BCUT2D eigenvalue weighted by Crippen LogP contribution is -1.94. The van der Waals surface area contributed by atoms with Crippen LogP contribution in [0.2, 0.25) is 5.02 Å². The van der Waals surface area contributed by atoms with E-state index in [9.17, 15) is 9.18 Å². The van der Waals surface area contributed by atoms with Crippen molar-refractivity contribution < 1.29 is 9.18 Å². The van der Waals surface area contributed by atoms with Crippen molar-refractivity contribution in [3.63, 3.8) is 0 Å². The molecule has 1 aliphatic carbocycles. The Bertz CT molecular complexity index is 1100. The lowest BCUT2D eigenvalue weighted by Gasteiger charge is -2.06. The van der Waals surface area contributed by atoms with Gasteiger partial charge in [0.05, 0.1) is 15.9 Å². The molecule has 4 heterocycles. The maximum absolute atomic E-state index is 13.8. The lowest BCUT2D eigenvalue weighted by molar-refractivity contribution is -0.105. The molecule has 4 aromatic rings. The standard InChI is InChI=1S/C15H9ClFN5O.C3H6/c16-14-10(5-18-15-13(14)11(17)6-19-15)8-1-2-22-9(3-8)4-12(21-22)20-7-23;1-2-3-1/h1-7H,(H,18,19)(H,20,21,23);1-3H2. The van der Waals surface area contributed by atoms with Crippen molar-refractivity contribution in [1.29, 1.82) is 0 Å². The molecule has 0 saturated heterocycles. The molecule has 132 valence electrons. The second-order valence-corrected chi connectivity index (χ2v) is 6.36. The summed E-state index contributed by atoms with van der Waals surface area (Å²) in [6.07, 6.45) is 9.61. The monoisotopic (exact) mass is 371 g/mol. The number of aromatic amines is 1. The van der Waals surface area contributed by atoms with Crippen molar-refractivity contribution >= 4 is 40.4 Å². The largest absolute Gasteiger partial charge is 0.343 e. The van der Waals surface area contributed by atoms with Gasteiger partial charge in [0.1, 0.15) is 5.65 Å². The average molecular weight is 372 g/mol. The molecular formula is C18H15ClFN5O. The average Bonchev–Trinajstić information content (AvgIpc) is 3.39. The third kappa shape index (κ3) is 3.13. The molecule has 1 saturated carbocycles. The van der Waals surface area contributed by atoms with E-state index < -0.39 is 5.82 Å². The van der Waals surface area contributed by atoms with Gasteiger partial charge in [0, 0.05) is 30.2 Å². The number of halogens is 2. The minimum atomic E-state index is -0.442. The van der Waals surface area contributed by atoms with Gasteiger partial charge in [0.15, 0.2) is 11.6 Å². The van der Waals surface area contributed by atoms with Gasteiger partial charge in [-0.1, -0.05) is 30.9 Å². The Morgan fingerprint density at radius 3 is 2.85 bits per heavy atom. The Morgan fingerprint density at radius 1 is 1.31 bits per heavy atom. The maximum atomic E-state index is 13.8. The maximum Gasteiger partial charge on any atom is 0.212 e. The first-order valence-corrected chi connectivity index (χ1v) is 8.56. The van der Waals surface area contributed by atoms with Crippen LogP contribution in [0.3, 0.4) is 0 Å². The van der Waals surface area contributed by atoms with Gasteiger partial charge in [-0.3, -0.25) is 4.79 Å². The number of rotatable bonds is 3. The highest BCUT2D eigenvalue weighted by Gasteiger charge is 2.14. The van der Waals surface area contributed by atoms with Crippen molar-refractivity contribution in [1.82, 2.24) is 19.6 Å². The number of aromatic nitrogens is 4. The number of pyridine rings is 2. The molecule has 6 nitrogen and oxygen atoms in total. The van der Waals surface area contributed by atoms with Crippen LogP contribution >= 0.6 is 11.6 Å². The number of anilines is 1. The third-order valence-corrected chi connectivity index (χ3v) is 4.32. The summed E-state index contributed by atoms with van der Waals surface area (Å²) >= 11 is 6.35. The molecule has 1 aliphatic rings. The Morgan fingerprint density at radius 2 is 2.12 bits per heavy atom. The van der Waals surface area contributed by atoms with Crippen LogP contribution < -0.4 is 5.32 Å². The highest BCUT2D eigenvalue weighted by Crippen LogP contribution is 2.34. The van der Waals surface area contributed by atoms with Gasteiger partial charge in [-0.2, -0.15) is 5.10 Å². The number of carbonyl (C=O) groups is 1. The van der Waals surface area contributed by atoms with Crippen LogP contribution in [0.15, 0.2) is 36.8 Å². The number of hydrogen-bond donors (Lipinski definition) is 2. The number of amides is 1. The lowest BCUT2D eigenvalue weighted by atomic mass is 10.1. The molecule has 5 rings (SSSR count). The topological polar surface area (TPSA) is 75.1 Å². The highest BCUT2D eigenvalue weighted by molar-refractivity contribution is 6.38. The first-order valence-electron chi connectivity index (χ1n) is 8.18. The van der Waals surface area contributed by atoms with Gasteiger partial charge in [0.2, 0.25) is 6.41 Å². The number of carbonyl (C=O) groups excluding carboxylic acids is 1. The summed E-state index contributed by atoms with van der Waals surface area (Å²) in [6, 6.07) is 5.35. The van der Waals surface area contributed by atoms with Crippen LogP contribution in [0.25, 0.3) is 27.7 Å². The molecule has 1 amide bonds. The quantitative estimate of drug-likeness (QED) is 0.524. The molecule has 0 atom stereocenters. The van der Waals surface area contributed by atoms with E-state index in [1.54, 1.807) is 29.0 Å². The molecule has 4 aromatic heterocycles. The molecule has 0 aliphatic heterocycles. The summed E-state index contributed by atoms with van der Waals surface area (Å²) in [5.74, 6) is -0.00393. The minimum Gasteiger partial charge on any atom is -0.343 e. The first-order chi connectivity index (χ1) is 12.7. The van der Waals surface area contributed by atoms with E-state index in [-0.39, 0.29) is 5.39 Å². The summed E-state index contributed by atoms with van der Waals surface area (Å²) in [6.45, 7) is 0. The number of hydrogen-bond acceptors (Lipinski definition) is 3. The Kier molecular flexibility index (Phi) is 4.30. The van der Waals surface area contributed by atoms with E-state index in [0.717, 1.165) is 11.1 Å². The molecule has 1 fully saturated rings. The van der Waals surface area contributed by atoms with Gasteiger partial charge in [-0.25, -0.2) is 13.9 Å². The fraction of sp³-hybridized carbons (Fsp3) is 0.167. The van der Waals surface area contributed by atoms with Crippen LogP contribution in [0.1, 0.15) is 19.3 Å². The molecule has 8 heteroatoms. The SMILES string of the molecule is C1CC1.O=CNc1cc2cc(-c3cnc4[nH]cc(F)c4c3Cl)ccn2n1. The van der Waals surface area contributed by atoms with E-state index in [2.05, 4.69) is 20.4 Å². The van der Waals surface area contributed by atoms with Crippen molar-refractivity contribution in [2.24, 2.45) is 0 Å². The van der Waals surface area contributed by atoms with Gasteiger partial charge in [-0.05, 0) is 17.7 Å². The van der Waals surface area contributed by atoms with Crippen LogP contribution in [0, 0.1) is 5.82 Å². The zero-order chi connectivity index (χ0) is 18.1. The van der Waals surface area contributed by atoms with Crippen LogP contribution in [0.5, 0.6) is 0 Å². The van der Waals surface area contributed by atoms with Crippen LogP contribution in [0.4, 0.5) is 10.2 Å². The normalized spacial score (nSPS) is 12.7. The Hall–Kier alpha value is -2.93. The fourth-order valence-corrected chi connectivity index (χ4v) is 2.85. The van der Waals surface area contributed by atoms with Crippen molar-refractivity contribution in [2.75, 3.05) is 5.32 Å². The number of H-pyrrole nitrogens is 1. The summed E-state index contributed by atoms with van der Waals surface area (Å²) in [4.78, 5) is 17.4. The molecule has 0 radical (unpaired) electrons. The van der Waals surface area contributed by atoms with E-state index in [1.807, 2.05) is 6.07 Å². The van der Waals surface area contributed by atoms with E-state index in [0.29, 0.717) is 28.5 Å². The molecule has 26 heavy (non-hydrogen) atoms. The van der Waals surface area contributed by atoms with Crippen LogP contribution in [-0.4, -0.2) is 26.0 Å². The predicted molar refractivity (Wildman–Crippen MR) is 98.8 cm³/mol. The van der Waals surface area contributed by atoms with Crippen molar-refractivity contribution in [2.45, 2.75) is 19.3 Å². The third-order valence-electron chi connectivity index (χ3n) is 3.92. The second-order valence-electron chi connectivity index (χ2n) is 5.98. The molecule has 2 N–H and O–H groups in total. The van der Waals surface area contributed by atoms with Crippen molar-refractivity contribution in [3.8, 4) is 11.1 Å². The molecule has 0 unspecified atom stereocenters. The van der Waals surface area contributed by atoms with E-state index >= 15 is 0 Å². The first kappa shape index (κ1) is 16.5. The predicted octanol–water partition coefficient (Wildman–Crippen LogP) is 4.41.